The molecule has 3 rings (SSSR count). The quantitative estimate of drug-likeness (QED) is 0.825. The van der Waals surface area contributed by atoms with E-state index in [1.165, 1.54) is 29.7 Å². The second-order valence-corrected chi connectivity index (χ2v) is 5.38. The SMILES string of the molecule is Fc1ccc(NCCOC2CCCc3ccccc32)cc1. The molecule has 3 heteroatoms. The molecule has 0 heterocycles. The van der Waals surface area contributed by atoms with Gasteiger partial charge in [0.2, 0.25) is 0 Å². The summed E-state index contributed by atoms with van der Waals surface area (Å²) in [5, 5.41) is 3.24. The fourth-order valence-electron chi connectivity index (χ4n) is 2.85. The van der Waals surface area contributed by atoms with E-state index in [1.54, 1.807) is 12.1 Å². The van der Waals surface area contributed by atoms with E-state index in [1.807, 2.05) is 0 Å². The number of hydrogen-bond donors (Lipinski definition) is 1. The van der Waals surface area contributed by atoms with Gasteiger partial charge in [0.25, 0.3) is 0 Å². The Balaban J connectivity index is 1.49. The van der Waals surface area contributed by atoms with Gasteiger partial charge in [-0.2, -0.15) is 0 Å². The molecule has 1 aliphatic rings. The van der Waals surface area contributed by atoms with Crippen molar-refractivity contribution >= 4 is 5.69 Å². The van der Waals surface area contributed by atoms with Crippen LogP contribution in [-0.2, 0) is 11.2 Å². The van der Waals surface area contributed by atoms with Gasteiger partial charge in [-0.15, -0.1) is 0 Å². The Morgan fingerprint density at radius 2 is 1.90 bits per heavy atom. The number of fused-ring (bicyclic) bond motifs is 1. The Hall–Kier alpha value is -1.87. The van der Waals surface area contributed by atoms with E-state index in [9.17, 15) is 4.39 Å². The molecule has 2 aromatic carbocycles. The molecule has 1 N–H and O–H groups in total. The minimum absolute atomic E-state index is 0.212. The highest BCUT2D eigenvalue weighted by Crippen LogP contribution is 2.32. The van der Waals surface area contributed by atoms with Gasteiger partial charge in [0, 0.05) is 12.2 Å². The third-order valence-electron chi connectivity index (χ3n) is 3.91. The zero-order chi connectivity index (χ0) is 14.5. The summed E-state index contributed by atoms with van der Waals surface area (Å²) in [5.74, 6) is -0.212. The Labute approximate surface area is 125 Å². The van der Waals surface area contributed by atoms with Crippen molar-refractivity contribution in [2.75, 3.05) is 18.5 Å². The monoisotopic (exact) mass is 285 g/mol. The summed E-state index contributed by atoms with van der Waals surface area (Å²) in [6, 6.07) is 14.9. The minimum Gasteiger partial charge on any atom is -0.383 e. The zero-order valence-electron chi connectivity index (χ0n) is 12.0. The van der Waals surface area contributed by atoms with Crippen LogP contribution in [0.2, 0.25) is 0 Å². The molecule has 0 saturated heterocycles. The third kappa shape index (κ3) is 3.61. The second-order valence-electron chi connectivity index (χ2n) is 5.38. The smallest absolute Gasteiger partial charge is 0.123 e. The van der Waals surface area contributed by atoms with Crippen LogP contribution in [-0.4, -0.2) is 13.2 Å². The first-order valence-corrected chi connectivity index (χ1v) is 7.52. The molecule has 1 aliphatic carbocycles. The lowest BCUT2D eigenvalue weighted by Crippen LogP contribution is -2.17. The van der Waals surface area contributed by atoms with Gasteiger partial charge in [0.05, 0.1) is 12.7 Å². The lowest BCUT2D eigenvalue weighted by Gasteiger charge is -2.25. The van der Waals surface area contributed by atoms with Crippen LogP contribution in [0.15, 0.2) is 48.5 Å². The van der Waals surface area contributed by atoms with E-state index in [-0.39, 0.29) is 11.9 Å². The summed E-state index contributed by atoms with van der Waals surface area (Å²) in [4.78, 5) is 0. The van der Waals surface area contributed by atoms with Crippen molar-refractivity contribution in [3.05, 3.63) is 65.5 Å². The third-order valence-corrected chi connectivity index (χ3v) is 3.91. The molecule has 2 nitrogen and oxygen atoms in total. The summed E-state index contributed by atoms with van der Waals surface area (Å²) >= 11 is 0. The molecule has 2 aromatic rings. The number of rotatable bonds is 5. The average Bonchev–Trinajstić information content (AvgIpc) is 2.53. The molecule has 0 spiro atoms. The fourth-order valence-corrected chi connectivity index (χ4v) is 2.85. The van der Waals surface area contributed by atoms with E-state index in [0.717, 1.165) is 25.1 Å². The van der Waals surface area contributed by atoms with Crippen LogP contribution in [0.3, 0.4) is 0 Å². The predicted octanol–water partition coefficient (Wildman–Crippen LogP) is 4.33. The first kappa shape index (κ1) is 14.1. The second kappa shape index (κ2) is 6.72. The summed E-state index contributed by atoms with van der Waals surface area (Å²) in [6.07, 6.45) is 3.65. The molecule has 0 aromatic heterocycles. The molecular formula is C18H20FNO. The molecule has 0 bridgehead atoms. The van der Waals surface area contributed by atoms with Gasteiger partial charge in [0.1, 0.15) is 5.82 Å². The van der Waals surface area contributed by atoms with Crippen molar-refractivity contribution in [3.63, 3.8) is 0 Å². The Kier molecular flexibility index (Phi) is 4.51. The Morgan fingerprint density at radius 3 is 2.76 bits per heavy atom. The summed E-state index contributed by atoms with van der Waals surface area (Å²) in [5.41, 5.74) is 3.68. The van der Waals surface area contributed by atoms with Crippen molar-refractivity contribution in [2.24, 2.45) is 0 Å². The number of ether oxygens (including phenoxy) is 1. The molecule has 0 fully saturated rings. The maximum atomic E-state index is 12.8. The lowest BCUT2D eigenvalue weighted by molar-refractivity contribution is 0.0477. The highest BCUT2D eigenvalue weighted by molar-refractivity contribution is 5.42. The number of nitrogens with one attached hydrogen (secondary N) is 1. The van der Waals surface area contributed by atoms with Gasteiger partial charge in [0.15, 0.2) is 0 Å². The van der Waals surface area contributed by atoms with Gasteiger partial charge < -0.3 is 10.1 Å². The highest BCUT2D eigenvalue weighted by atomic mass is 19.1. The van der Waals surface area contributed by atoms with Crippen LogP contribution in [0.4, 0.5) is 10.1 Å². The number of aryl methyl sites for hydroxylation is 1. The normalized spacial score (nSPS) is 17.3. The molecule has 1 unspecified atom stereocenters. The summed E-state index contributed by atoms with van der Waals surface area (Å²) < 4.78 is 18.8. The van der Waals surface area contributed by atoms with Crippen LogP contribution >= 0.6 is 0 Å². The molecule has 1 atom stereocenters. The van der Waals surface area contributed by atoms with Gasteiger partial charge in [-0.05, 0) is 54.7 Å². The zero-order valence-corrected chi connectivity index (χ0v) is 12.0. The van der Waals surface area contributed by atoms with Crippen LogP contribution in [0.1, 0.15) is 30.1 Å². The lowest BCUT2D eigenvalue weighted by atomic mass is 9.89. The maximum absolute atomic E-state index is 12.8. The number of benzene rings is 2. The van der Waals surface area contributed by atoms with Crippen LogP contribution in [0.25, 0.3) is 0 Å². The van der Waals surface area contributed by atoms with Crippen molar-refractivity contribution in [2.45, 2.75) is 25.4 Å². The molecule has 21 heavy (non-hydrogen) atoms. The number of anilines is 1. The van der Waals surface area contributed by atoms with Gasteiger partial charge >= 0.3 is 0 Å². The molecule has 0 aliphatic heterocycles. The van der Waals surface area contributed by atoms with Crippen molar-refractivity contribution < 1.29 is 9.13 Å². The van der Waals surface area contributed by atoms with Gasteiger partial charge in [-0.25, -0.2) is 4.39 Å². The van der Waals surface area contributed by atoms with E-state index in [2.05, 4.69) is 29.6 Å². The van der Waals surface area contributed by atoms with E-state index < -0.39 is 0 Å². The topological polar surface area (TPSA) is 21.3 Å². The van der Waals surface area contributed by atoms with Crippen LogP contribution < -0.4 is 5.32 Å². The largest absolute Gasteiger partial charge is 0.383 e. The molecular weight excluding hydrogens is 265 g/mol. The van der Waals surface area contributed by atoms with Crippen molar-refractivity contribution in [1.29, 1.82) is 0 Å². The fraction of sp³-hybridized carbons (Fsp3) is 0.333. The van der Waals surface area contributed by atoms with Gasteiger partial charge in [-0.3, -0.25) is 0 Å². The van der Waals surface area contributed by atoms with Crippen molar-refractivity contribution in [3.8, 4) is 0 Å². The van der Waals surface area contributed by atoms with Gasteiger partial charge in [-0.1, -0.05) is 24.3 Å². The molecule has 110 valence electrons. The maximum Gasteiger partial charge on any atom is 0.123 e. The van der Waals surface area contributed by atoms with Crippen LogP contribution in [0.5, 0.6) is 0 Å². The summed E-state index contributed by atoms with van der Waals surface area (Å²) in [6.45, 7) is 1.38. The van der Waals surface area contributed by atoms with E-state index >= 15 is 0 Å². The van der Waals surface area contributed by atoms with E-state index in [4.69, 9.17) is 4.74 Å². The summed E-state index contributed by atoms with van der Waals surface area (Å²) in [7, 11) is 0. The highest BCUT2D eigenvalue weighted by Gasteiger charge is 2.19. The standard InChI is InChI=1S/C18H20FNO/c19-15-8-10-16(11-9-15)20-12-13-21-18-7-3-5-14-4-1-2-6-17(14)18/h1-2,4,6,8-11,18,20H,3,5,7,12-13H2. The van der Waals surface area contributed by atoms with Crippen molar-refractivity contribution in [1.82, 2.24) is 0 Å². The number of halogens is 1. The Bertz CT molecular complexity index is 582. The van der Waals surface area contributed by atoms with Crippen LogP contribution in [0, 0.1) is 5.82 Å². The molecule has 0 radical (unpaired) electrons. The average molecular weight is 285 g/mol. The Morgan fingerprint density at radius 1 is 1.10 bits per heavy atom. The minimum atomic E-state index is -0.212. The molecule has 0 saturated carbocycles. The first-order chi connectivity index (χ1) is 10.3. The number of hydrogen-bond acceptors (Lipinski definition) is 2. The molecule has 0 amide bonds. The first-order valence-electron chi connectivity index (χ1n) is 7.52. The van der Waals surface area contributed by atoms with E-state index in [0.29, 0.717) is 6.61 Å². The predicted molar refractivity (Wildman–Crippen MR) is 83.0 cm³/mol.